The number of hydrogen-bond acceptors (Lipinski definition) is 3. The number of hydrogen-bond donors (Lipinski definition) is 0. The molecule has 0 bridgehead atoms. The van der Waals surface area contributed by atoms with Gasteiger partial charge >= 0.3 is 0 Å². The minimum Gasteiger partial charge on any atom is -0.354 e. The molecule has 0 saturated carbocycles. The number of anilines is 1. The third-order valence-electron chi connectivity index (χ3n) is 3.45. The molecular weight excluding hydrogens is 290 g/mol. The van der Waals surface area contributed by atoms with Crippen molar-refractivity contribution in [2.24, 2.45) is 0 Å². The number of aromatic nitrogens is 1. The van der Waals surface area contributed by atoms with Gasteiger partial charge in [0.1, 0.15) is 5.82 Å². The second-order valence-electron chi connectivity index (χ2n) is 4.77. The average Bonchev–Trinajstić information content (AvgIpc) is 2.45. The van der Waals surface area contributed by atoms with Crippen molar-refractivity contribution in [2.45, 2.75) is 19.3 Å². The van der Waals surface area contributed by atoms with Crippen molar-refractivity contribution in [1.29, 1.82) is 0 Å². The highest BCUT2D eigenvalue weighted by Gasteiger charge is 2.16. The Morgan fingerprint density at radius 1 is 1.06 bits per heavy atom. The summed E-state index contributed by atoms with van der Waals surface area (Å²) in [6.45, 7) is 5.81. The van der Waals surface area contributed by atoms with E-state index in [-0.39, 0.29) is 0 Å². The Balaban J connectivity index is 1.68. The highest BCUT2D eigenvalue weighted by Crippen LogP contribution is 2.13. The molecule has 3 nitrogen and oxygen atoms in total. The van der Waals surface area contributed by atoms with Gasteiger partial charge in [-0.15, -0.1) is 0 Å². The molecule has 1 saturated heterocycles. The van der Waals surface area contributed by atoms with Crippen LogP contribution >= 0.6 is 15.9 Å². The van der Waals surface area contributed by atoms with Gasteiger partial charge in [0.2, 0.25) is 0 Å². The van der Waals surface area contributed by atoms with E-state index in [1.807, 2.05) is 12.3 Å². The fraction of sp³-hybridized carbons (Fsp3) is 0.643. The predicted octanol–water partition coefficient (Wildman–Crippen LogP) is 2.77. The SMILES string of the molecule is BrCCCCCN1CCN(c2ccccn2)CC1. The summed E-state index contributed by atoms with van der Waals surface area (Å²) in [5, 5.41) is 1.14. The lowest BCUT2D eigenvalue weighted by Gasteiger charge is -2.35. The zero-order valence-corrected chi connectivity index (χ0v) is 12.5. The zero-order chi connectivity index (χ0) is 12.6. The second kappa shape index (κ2) is 7.74. The first-order valence-corrected chi connectivity index (χ1v) is 7.96. The van der Waals surface area contributed by atoms with Gasteiger partial charge in [0, 0.05) is 37.7 Å². The van der Waals surface area contributed by atoms with Crippen molar-refractivity contribution >= 4 is 21.7 Å². The molecular formula is C14H22BrN3. The Kier molecular flexibility index (Phi) is 5.94. The van der Waals surface area contributed by atoms with Gasteiger partial charge in [0.15, 0.2) is 0 Å². The van der Waals surface area contributed by atoms with Crippen LogP contribution in [0.1, 0.15) is 19.3 Å². The van der Waals surface area contributed by atoms with Crippen LogP contribution in [-0.4, -0.2) is 47.9 Å². The molecule has 1 aromatic rings. The Bertz CT molecular complexity index is 323. The molecule has 0 radical (unpaired) electrons. The summed E-state index contributed by atoms with van der Waals surface area (Å²) in [5.41, 5.74) is 0. The molecule has 2 rings (SSSR count). The van der Waals surface area contributed by atoms with E-state index in [0.717, 1.165) is 24.2 Å². The minimum atomic E-state index is 1.11. The van der Waals surface area contributed by atoms with Crippen molar-refractivity contribution in [1.82, 2.24) is 9.88 Å². The van der Waals surface area contributed by atoms with Crippen LogP contribution in [0.3, 0.4) is 0 Å². The van der Waals surface area contributed by atoms with Crippen LogP contribution < -0.4 is 4.90 Å². The Hall–Kier alpha value is -0.610. The molecule has 0 spiro atoms. The number of alkyl halides is 1. The molecule has 4 heteroatoms. The Morgan fingerprint density at radius 2 is 1.89 bits per heavy atom. The van der Waals surface area contributed by atoms with E-state index in [1.165, 1.54) is 38.9 Å². The number of unbranched alkanes of at least 4 members (excludes halogenated alkanes) is 2. The Labute approximate surface area is 118 Å². The van der Waals surface area contributed by atoms with E-state index < -0.39 is 0 Å². The van der Waals surface area contributed by atoms with Crippen molar-refractivity contribution in [3.05, 3.63) is 24.4 Å². The predicted molar refractivity (Wildman–Crippen MR) is 80.5 cm³/mol. The first kappa shape index (κ1) is 13.8. The van der Waals surface area contributed by atoms with Gasteiger partial charge in [-0.1, -0.05) is 28.4 Å². The largest absolute Gasteiger partial charge is 0.354 e. The van der Waals surface area contributed by atoms with E-state index in [2.05, 4.69) is 42.8 Å². The third-order valence-corrected chi connectivity index (χ3v) is 4.01. The standard InChI is InChI=1S/C14H22BrN3/c15-7-3-1-5-9-17-10-12-18(13-11-17)14-6-2-4-8-16-14/h2,4,6,8H,1,3,5,7,9-13H2. The first-order valence-electron chi connectivity index (χ1n) is 6.84. The first-order chi connectivity index (χ1) is 8.90. The van der Waals surface area contributed by atoms with Gasteiger partial charge in [-0.25, -0.2) is 4.98 Å². The van der Waals surface area contributed by atoms with Crippen molar-refractivity contribution in [3.8, 4) is 0 Å². The quantitative estimate of drug-likeness (QED) is 0.595. The Morgan fingerprint density at radius 3 is 2.56 bits per heavy atom. The molecule has 18 heavy (non-hydrogen) atoms. The van der Waals surface area contributed by atoms with Gasteiger partial charge in [0.25, 0.3) is 0 Å². The molecule has 0 aliphatic carbocycles. The molecule has 1 fully saturated rings. The maximum absolute atomic E-state index is 4.42. The summed E-state index contributed by atoms with van der Waals surface area (Å²) in [5.74, 6) is 1.12. The number of rotatable bonds is 6. The topological polar surface area (TPSA) is 19.4 Å². The van der Waals surface area contributed by atoms with Gasteiger partial charge in [-0.3, -0.25) is 4.90 Å². The normalized spacial score (nSPS) is 17.1. The van der Waals surface area contributed by atoms with Crippen molar-refractivity contribution in [3.63, 3.8) is 0 Å². The molecule has 1 aromatic heterocycles. The smallest absolute Gasteiger partial charge is 0.128 e. The van der Waals surface area contributed by atoms with E-state index in [9.17, 15) is 0 Å². The summed E-state index contributed by atoms with van der Waals surface area (Å²) in [6.07, 6.45) is 5.84. The minimum absolute atomic E-state index is 1.11. The summed E-state index contributed by atoms with van der Waals surface area (Å²) in [4.78, 5) is 9.38. The average molecular weight is 312 g/mol. The highest BCUT2D eigenvalue weighted by molar-refractivity contribution is 9.09. The summed E-state index contributed by atoms with van der Waals surface area (Å²) in [6, 6.07) is 6.14. The molecule has 2 heterocycles. The molecule has 0 unspecified atom stereocenters. The summed E-state index contributed by atoms with van der Waals surface area (Å²) in [7, 11) is 0. The lowest BCUT2D eigenvalue weighted by Crippen LogP contribution is -2.46. The third kappa shape index (κ3) is 4.25. The highest BCUT2D eigenvalue weighted by atomic mass is 79.9. The van der Waals surface area contributed by atoms with Gasteiger partial charge in [-0.2, -0.15) is 0 Å². The van der Waals surface area contributed by atoms with Crippen molar-refractivity contribution < 1.29 is 0 Å². The molecule has 1 aliphatic heterocycles. The van der Waals surface area contributed by atoms with E-state index in [1.54, 1.807) is 0 Å². The van der Waals surface area contributed by atoms with E-state index in [4.69, 9.17) is 0 Å². The number of piperazine rings is 1. The molecule has 0 N–H and O–H groups in total. The lowest BCUT2D eigenvalue weighted by molar-refractivity contribution is 0.252. The molecule has 100 valence electrons. The molecule has 0 atom stereocenters. The molecule has 0 aromatic carbocycles. The zero-order valence-electron chi connectivity index (χ0n) is 10.9. The van der Waals surface area contributed by atoms with E-state index >= 15 is 0 Å². The number of pyridine rings is 1. The molecule has 0 amide bonds. The van der Waals surface area contributed by atoms with Crippen LogP contribution in [0.25, 0.3) is 0 Å². The second-order valence-corrected chi connectivity index (χ2v) is 5.56. The van der Waals surface area contributed by atoms with Crippen molar-refractivity contribution in [2.75, 3.05) is 43.0 Å². The van der Waals surface area contributed by atoms with Gasteiger partial charge < -0.3 is 4.90 Å². The van der Waals surface area contributed by atoms with E-state index in [0.29, 0.717) is 0 Å². The van der Waals surface area contributed by atoms with Gasteiger partial charge in [-0.05, 0) is 31.5 Å². The number of halogens is 1. The van der Waals surface area contributed by atoms with Crippen LogP contribution in [0.4, 0.5) is 5.82 Å². The lowest BCUT2D eigenvalue weighted by atomic mass is 10.2. The summed E-state index contributed by atoms with van der Waals surface area (Å²) < 4.78 is 0. The van der Waals surface area contributed by atoms with Crippen LogP contribution in [-0.2, 0) is 0 Å². The van der Waals surface area contributed by atoms with Crippen LogP contribution in [0.15, 0.2) is 24.4 Å². The van der Waals surface area contributed by atoms with Crippen LogP contribution in [0.5, 0.6) is 0 Å². The van der Waals surface area contributed by atoms with Crippen LogP contribution in [0, 0.1) is 0 Å². The fourth-order valence-corrected chi connectivity index (χ4v) is 2.74. The molecule has 1 aliphatic rings. The maximum Gasteiger partial charge on any atom is 0.128 e. The monoisotopic (exact) mass is 311 g/mol. The van der Waals surface area contributed by atoms with Crippen LogP contribution in [0.2, 0.25) is 0 Å². The number of nitrogens with zero attached hydrogens (tertiary/aromatic N) is 3. The summed E-state index contributed by atoms with van der Waals surface area (Å²) >= 11 is 3.48. The maximum atomic E-state index is 4.42. The van der Waals surface area contributed by atoms with Gasteiger partial charge in [0.05, 0.1) is 0 Å². The fourth-order valence-electron chi connectivity index (χ4n) is 2.35.